The number of benzene rings is 4. The lowest BCUT2D eigenvalue weighted by Crippen LogP contribution is -2.13. The van der Waals surface area contributed by atoms with E-state index in [2.05, 4.69) is 20.4 Å². The van der Waals surface area contributed by atoms with E-state index in [1.165, 1.54) is 0 Å². The van der Waals surface area contributed by atoms with Gasteiger partial charge in [0, 0.05) is 12.1 Å². The average Bonchev–Trinajstić information content (AvgIpc) is 3.65. The zero-order valence-corrected chi connectivity index (χ0v) is 22.6. The second-order valence-corrected chi connectivity index (χ2v) is 8.94. The Morgan fingerprint density at radius 3 is 1.24 bits per heavy atom. The highest BCUT2D eigenvalue weighted by Gasteiger charge is 2.11. The fourth-order valence-electron chi connectivity index (χ4n) is 4.27. The van der Waals surface area contributed by atoms with Crippen molar-refractivity contribution in [1.29, 1.82) is 0 Å². The van der Waals surface area contributed by atoms with Crippen molar-refractivity contribution in [3.8, 4) is 34.4 Å². The molecule has 0 aliphatic rings. The summed E-state index contributed by atoms with van der Waals surface area (Å²) in [5.74, 6) is 2.39. The molecule has 0 aliphatic heterocycles. The Morgan fingerprint density at radius 2 is 0.878 bits per heavy atom. The summed E-state index contributed by atoms with van der Waals surface area (Å²) in [5, 5.41) is 18.1. The summed E-state index contributed by atoms with van der Waals surface area (Å²) in [4.78, 5) is 3.16. The van der Waals surface area contributed by atoms with Crippen LogP contribution in [0.1, 0.15) is 0 Å². The fraction of sp³-hybridized carbons (Fsp3) is 0.200. The zero-order valence-electron chi connectivity index (χ0n) is 22.6. The molecule has 0 atom stereocenters. The van der Waals surface area contributed by atoms with Crippen LogP contribution in [0.15, 0.2) is 84.9 Å². The Kier molecular flexibility index (Phi) is 7.59. The van der Waals surface area contributed by atoms with E-state index in [0.29, 0.717) is 49.4 Å². The molecule has 2 heterocycles. The molecule has 0 amide bonds. The molecule has 0 unspecified atom stereocenters. The first-order valence-corrected chi connectivity index (χ1v) is 13.1. The van der Waals surface area contributed by atoms with Crippen LogP contribution in [0.2, 0.25) is 0 Å². The largest absolute Gasteiger partial charge is 0.493 e. The SMILES string of the molecule is COc1cc(-n2nc3ccccc3n2)ccc1OCCOCCOc1ccc(-n2nc3ccccc3n2)cc1OC. The first kappa shape index (κ1) is 26.1. The van der Waals surface area contributed by atoms with Gasteiger partial charge < -0.3 is 23.7 Å². The lowest BCUT2D eigenvalue weighted by Gasteiger charge is -2.13. The molecule has 0 spiro atoms. The van der Waals surface area contributed by atoms with Gasteiger partial charge in [-0.3, -0.25) is 0 Å². The molecule has 41 heavy (non-hydrogen) atoms. The maximum absolute atomic E-state index is 5.88. The van der Waals surface area contributed by atoms with Crippen molar-refractivity contribution in [2.24, 2.45) is 0 Å². The van der Waals surface area contributed by atoms with E-state index >= 15 is 0 Å². The molecule has 0 fully saturated rings. The quantitative estimate of drug-likeness (QED) is 0.201. The number of nitrogens with zero attached hydrogens (tertiary/aromatic N) is 6. The number of hydrogen-bond donors (Lipinski definition) is 0. The van der Waals surface area contributed by atoms with Crippen molar-refractivity contribution in [3.63, 3.8) is 0 Å². The monoisotopic (exact) mass is 552 g/mol. The predicted octanol–water partition coefficient (Wildman–Crippen LogP) is 4.65. The van der Waals surface area contributed by atoms with Crippen molar-refractivity contribution >= 4 is 22.1 Å². The molecule has 6 rings (SSSR count). The lowest BCUT2D eigenvalue weighted by atomic mass is 10.3. The Balaban J connectivity index is 0.977. The van der Waals surface area contributed by atoms with Crippen LogP contribution < -0.4 is 18.9 Å². The summed E-state index contributed by atoms with van der Waals surface area (Å²) in [6.45, 7) is 1.47. The van der Waals surface area contributed by atoms with Gasteiger partial charge in [-0.2, -0.15) is 9.59 Å². The molecule has 11 heteroatoms. The normalized spacial score (nSPS) is 11.2. The van der Waals surface area contributed by atoms with Crippen LogP contribution in [0.4, 0.5) is 0 Å². The average molecular weight is 553 g/mol. The molecular formula is C30H28N6O5. The van der Waals surface area contributed by atoms with Gasteiger partial charge in [0.05, 0.1) is 38.8 Å². The van der Waals surface area contributed by atoms with Crippen LogP contribution in [0.25, 0.3) is 33.4 Å². The number of methoxy groups -OCH3 is 2. The number of ether oxygens (including phenoxy) is 5. The van der Waals surface area contributed by atoms with Gasteiger partial charge in [0.25, 0.3) is 0 Å². The van der Waals surface area contributed by atoms with Gasteiger partial charge >= 0.3 is 0 Å². The highest BCUT2D eigenvalue weighted by atomic mass is 16.6. The molecule has 2 aromatic heterocycles. The third-order valence-corrected chi connectivity index (χ3v) is 6.30. The number of hydrogen-bond acceptors (Lipinski definition) is 9. The standard InChI is InChI=1S/C30H28N6O5/c1-37-29-19-21(35-31-23-7-3-4-8-24(23)32-35)11-13-27(29)40-17-15-39-16-18-41-28-14-12-22(20-30(28)38-2)36-33-25-9-5-6-10-26(25)34-36/h3-14,19-20H,15-18H2,1-2H3. The van der Waals surface area contributed by atoms with Crippen LogP contribution in [0.3, 0.4) is 0 Å². The molecule has 0 N–H and O–H groups in total. The summed E-state index contributed by atoms with van der Waals surface area (Å²) >= 11 is 0. The van der Waals surface area contributed by atoms with E-state index in [4.69, 9.17) is 23.7 Å². The van der Waals surface area contributed by atoms with E-state index in [-0.39, 0.29) is 0 Å². The van der Waals surface area contributed by atoms with Crippen LogP contribution in [0.5, 0.6) is 23.0 Å². The minimum absolute atomic E-state index is 0.350. The highest BCUT2D eigenvalue weighted by molar-refractivity contribution is 5.74. The van der Waals surface area contributed by atoms with Crippen molar-refractivity contribution in [2.45, 2.75) is 0 Å². The van der Waals surface area contributed by atoms with Crippen molar-refractivity contribution in [1.82, 2.24) is 30.0 Å². The van der Waals surface area contributed by atoms with E-state index in [0.717, 1.165) is 33.4 Å². The Hall–Kier alpha value is -5.16. The maximum atomic E-state index is 5.88. The van der Waals surface area contributed by atoms with E-state index in [9.17, 15) is 0 Å². The third-order valence-electron chi connectivity index (χ3n) is 6.30. The molecule has 4 aromatic carbocycles. The van der Waals surface area contributed by atoms with Gasteiger partial charge in [0.2, 0.25) is 0 Å². The summed E-state index contributed by atoms with van der Waals surface area (Å²) in [6.07, 6.45) is 0. The molecule has 0 aliphatic carbocycles. The zero-order chi connectivity index (χ0) is 28.0. The lowest BCUT2D eigenvalue weighted by molar-refractivity contribution is 0.0750. The summed E-state index contributed by atoms with van der Waals surface area (Å²) < 4.78 is 28.5. The number of fused-ring (bicyclic) bond motifs is 2. The fourth-order valence-corrected chi connectivity index (χ4v) is 4.27. The van der Waals surface area contributed by atoms with Gasteiger partial charge in [0.1, 0.15) is 35.3 Å². The second kappa shape index (κ2) is 11.9. The van der Waals surface area contributed by atoms with Gasteiger partial charge in [-0.1, -0.05) is 24.3 Å². The third kappa shape index (κ3) is 5.75. The number of aromatic nitrogens is 6. The molecule has 208 valence electrons. The molecule has 11 nitrogen and oxygen atoms in total. The summed E-state index contributed by atoms with van der Waals surface area (Å²) in [7, 11) is 3.20. The molecule has 0 saturated carbocycles. The molecule has 0 bridgehead atoms. The molecule has 0 radical (unpaired) electrons. The van der Waals surface area contributed by atoms with Crippen LogP contribution in [0, 0.1) is 0 Å². The first-order chi connectivity index (χ1) is 20.2. The van der Waals surface area contributed by atoms with Gasteiger partial charge in [-0.25, -0.2) is 0 Å². The number of rotatable bonds is 12. The Bertz CT molecular complexity index is 1590. The van der Waals surface area contributed by atoms with Crippen molar-refractivity contribution in [2.75, 3.05) is 40.6 Å². The van der Waals surface area contributed by atoms with E-state index in [1.807, 2.05) is 84.9 Å². The van der Waals surface area contributed by atoms with Crippen LogP contribution in [-0.4, -0.2) is 70.6 Å². The van der Waals surface area contributed by atoms with Gasteiger partial charge in [-0.15, -0.1) is 20.4 Å². The smallest absolute Gasteiger partial charge is 0.162 e. The van der Waals surface area contributed by atoms with E-state index in [1.54, 1.807) is 23.8 Å². The van der Waals surface area contributed by atoms with E-state index < -0.39 is 0 Å². The molecule has 0 saturated heterocycles. The van der Waals surface area contributed by atoms with Gasteiger partial charge in [-0.05, 0) is 48.5 Å². The van der Waals surface area contributed by atoms with Crippen LogP contribution >= 0.6 is 0 Å². The second-order valence-electron chi connectivity index (χ2n) is 8.94. The van der Waals surface area contributed by atoms with Gasteiger partial charge in [0.15, 0.2) is 23.0 Å². The molecule has 6 aromatic rings. The van der Waals surface area contributed by atoms with Crippen molar-refractivity contribution in [3.05, 3.63) is 84.9 Å². The minimum Gasteiger partial charge on any atom is -0.493 e. The Labute approximate surface area is 235 Å². The highest BCUT2D eigenvalue weighted by Crippen LogP contribution is 2.30. The molecular weight excluding hydrogens is 524 g/mol. The summed E-state index contributed by atoms with van der Waals surface area (Å²) in [6, 6.07) is 26.5. The maximum Gasteiger partial charge on any atom is 0.162 e. The summed E-state index contributed by atoms with van der Waals surface area (Å²) in [5.41, 5.74) is 4.84. The topological polar surface area (TPSA) is 108 Å². The van der Waals surface area contributed by atoms with Crippen molar-refractivity contribution < 1.29 is 23.7 Å². The first-order valence-electron chi connectivity index (χ1n) is 13.1. The Morgan fingerprint density at radius 1 is 0.488 bits per heavy atom. The minimum atomic E-state index is 0.350. The van der Waals surface area contributed by atoms with Crippen LogP contribution in [-0.2, 0) is 4.74 Å². The predicted molar refractivity (Wildman–Crippen MR) is 153 cm³/mol.